The Bertz CT molecular complexity index is 440. The molecule has 0 fully saturated rings. The quantitative estimate of drug-likeness (QED) is 0.567. The lowest BCUT2D eigenvalue weighted by atomic mass is 10.2. The van der Waals surface area contributed by atoms with Gasteiger partial charge in [0.1, 0.15) is 5.69 Å². The molecule has 0 amide bonds. The van der Waals surface area contributed by atoms with Gasteiger partial charge in [0.05, 0.1) is 10.6 Å². The van der Waals surface area contributed by atoms with Gasteiger partial charge in [-0.2, -0.15) is 18.2 Å². The Morgan fingerprint density at radius 2 is 2.00 bits per heavy atom. The number of carbonyl (C=O) groups excluding carboxylic acids is 1. The zero-order chi connectivity index (χ0) is 11.6. The van der Waals surface area contributed by atoms with E-state index in [2.05, 4.69) is 20.9 Å². The van der Waals surface area contributed by atoms with Gasteiger partial charge in [0.15, 0.2) is 0 Å². The second kappa shape index (κ2) is 4.35. The summed E-state index contributed by atoms with van der Waals surface area (Å²) in [6.07, 6.45) is -3.59. The predicted octanol–water partition coefficient (Wildman–Crippen LogP) is 4.09. The molecule has 0 atom stereocenters. The highest BCUT2D eigenvalue weighted by Crippen LogP contribution is 2.41. The summed E-state index contributed by atoms with van der Waals surface area (Å²) >= 11 is 8.38. The molecule has 0 saturated carbocycles. The van der Waals surface area contributed by atoms with Crippen molar-refractivity contribution in [1.82, 2.24) is 0 Å². The van der Waals surface area contributed by atoms with E-state index in [1.54, 1.807) is 0 Å². The molecule has 0 aliphatic heterocycles. The van der Waals surface area contributed by atoms with Crippen LogP contribution in [0.2, 0.25) is 5.02 Å². The van der Waals surface area contributed by atoms with E-state index in [1.807, 2.05) is 0 Å². The number of rotatable bonds is 1. The third-order valence-corrected chi connectivity index (χ3v) is 2.24. The number of hydrogen-bond acceptors (Lipinski definition) is 2. The van der Waals surface area contributed by atoms with Crippen molar-refractivity contribution in [2.45, 2.75) is 6.18 Å². The number of hydrogen-bond donors (Lipinski definition) is 0. The fraction of sp³-hybridized carbons (Fsp3) is 0.125. The molecular weight excluding hydrogens is 298 g/mol. The molecule has 0 radical (unpaired) electrons. The van der Waals surface area contributed by atoms with Gasteiger partial charge in [-0.3, -0.25) is 0 Å². The first-order valence-corrected chi connectivity index (χ1v) is 4.67. The van der Waals surface area contributed by atoms with Crippen molar-refractivity contribution >= 4 is 39.3 Å². The first-order valence-electron chi connectivity index (χ1n) is 3.50. The first-order chi connectivity index (χ1) is 6.86. The Morgan fingerprint density at radius 3 is 2.47 bits per heavy atom. The minimum atomic E-state index is -4.62. The van der Waals surface area contributed by atoms with Gasteiger partial charge >= 0.3 is 6.18 Å². The van der Waals surface area contributed by atoms with Crippen molar-refractivity contribution in [3.63, 3.8) is 0 Å². The molecule has 15 heavy (non-hydrogen) atoms. The van der Waals surface area contributed by atoms with Crippen LogP contribution in [0.25, 0.3) is 0 Å². The third kappa shape index (κ3) is 2.81. The van der Waals surface area contributed by atoms with Gasteiger partial charge in [0.25, 0.3) is 0 Å². The molecule has 0 heterocycles. The van der Waals surface area contributed by atoms with Gasteiger partial charge < -0.3 is 0 Å². The maximum atomic E-state index is 12.5. The monoisotopic (exact) mass is 299 g/mol. The van der Waals surface area contributed by atoms with Gasteiger partial charge in [0.2, 0.25) is 6.08 Å². The lowest BCUT2D eigenvalue weighted by Crippen LogP contribution is -2.05. The number of isocyanates is 1. The SMILES string of the molecule is O=C=Nc1c(Cl)cc(Br)cc1C(F)(F)F. The van der Waals surface area contributed by atoms with Crippen LogP contribution in [0.4, 0.5) is 18.9 Å². The predicted molar refractivity (Wildman–Crippen MR) is 51.9 cm³/mol. The van der Waals surface area contributed by atoms with Gasteiger partial charge in [-0.15, -0.1) is 0 Å². The lowest BCUT2D eigenvalue weighted by molar-refractivity contribution is -0.137. The van der Waals surface area contributed by atoms with Crippen LogP contribution in [0.1, 0.15) is 5.56 Å². The largest absolute Gasteiger partial charge is 0.418 e. The van der Waals surface area contributed by atoms with Crippen molar-refractivity contribution in [1.29, 1.82) is 0 Å². The Morgan fingerprint density at radius 1 is 1.40 bits per heavy atom. The van der Waals surface area contributed by atoms with E-state index in [9.17, 15) is 18.0 Å². The number of halogens is 5. The number of benzene rings is 1. The number of nitrogens with zero attached hydrogens (tertiary/aromatic N) is 1. The summed E-state index contributed by atoms with van der Waals surface area (Å²) in [5, 5.41) is -0.264. The second-order valence-electron chi connectivity index (χ2n) is 2.48. The summed E-state index contributed by atoms with van der Waals surface area (Å²) in [4.78, 5) is 12.9. The molecule has 0 spiro atoms. The minimum absolute atomic E-state index is 0.157. The first kappa shape index (κ1) is 12.2. The van der Waals surface area contributed by atoms with Gasteiger partial charge in [0, 0.05) is 4.47 Å². The van der Waals surface area contributed by atoms with Crippen LogP contribution in [0, 0.1) is 0 Å². The molecule has 0 bridgehead atoms. The molecule has 0 aliphatic carbocycles. The minimum Gasteiger partial charge on any atom is -0.211 e. The molecule has 2 nitrogen and oxygen atoms in total. The van der Waals surface area contributed by atoms with Crippen LogP contribution < -0.4 is 0 Å². The van der Waals surface area contributed by atoms with Crippen molar-refractivity contribution in [3.8, 4) is 0 Å². The van der Waals surface area contributed by atoms with Crippen LogP contribution in [-0.2, 0) is 11.0 Å². The van der Waals surface area contributed by atoms with Crippen molar-refractivity contribution < 1.29 is 18.0 Å². The van der Waals surface area contributed by atoms with Crippen LogP contribution in [0.15, 0.2) is 21.6 Å². The summed E-state index contributed by atoms with van der Waals surface area (Å²) in [5.41, 5.74) is -1.70. The fourth-order valence-corrected chi connectivity index (χ4v) is 1.79. The molecular formula is C8H2BrClF3NO. The lowest BCUT2D eigenvalue weighted by Gasteiger charge is -2.10. The van der Waals surface area contributed by atoms with Crippen LogP contribution in [0.5, 0.6) is 0 Å². The highest BCUT2D eigenvalue weighted by molar-refractivity contribution is 9.10. The maximum Gasteiger partial charge on any atom is 0.418 e. The topological polar surface area (TPSA) is 29.4 Å². The maximum absolute atomic E-state index is 12.5. The van der Waals surface area contributed by atoms with Crippen LogP contribution >= 0.6 is 27.5 Å². The standard InChI is InChI=1S/C8H2BrClF3NO/c9-4-1-5(8(11,12)13)7(14-3-15)6(10)2-4/h1-2H. The van der Waals surface area contributed by atoms with Gasteiger partial charge in [-0.1, -0.05) is 27.5 Å². The fourth-order valence-electron chi connectivity index (χ4n) is 0.941. The van der Waals surface area contributed by atoms with Gasteiger partial charge in [-0.05, 0) is 12.1 Å². The Labute approximate surface area is 95.9 Å². The van der Waals surface area contributed by atoms with E-state index in [0.717, 1.165) is 12.1 Å². The van der Waals surface area contributed by atoms with E-state index in [-0.39, 0.29) is 9.50 Å². The summed E-state index contributed by atoms with van der Waals surface area (Å²) < 4.78 is 37.5. The second-order valence-corrected chi connectivity index (χ2v) is 3.81. The molecule has 0 N–H and O–H groups in total. The summed E-state index contributed by atoms with van der Waals surface area (Å²) in [6.45, 7) is 0. The summed E-state index contributed by atoms with van der Waals surface area (Å²) in [5.74, 6) is 0. The molecule has 1 rings (SSSR count). The molecule has 7 heteroatoms. The van der Waals surface area contributed by atoms with Crippen LogP contribution in [0.3, 0.4) is 0 Å². The average Bonchev–Trinajstić information content (AvgIpc) is 2.07. The highest BCUT2D eigenvalue weighted by Gasteiger charge is 2.35. The summed E-state index contributed by atoms with van der Waals surface area (Å²) in [7, 11) is 0. The van der Waals surface area contributed by atoms with E-state index in [4.69, 9.17) is 11.6 Å². The van der Waals surface area contributed by atoms with Crippen molar-refractivity contribution in [2.75, 3.05) is 0 Å². The van der Waals surface area contributed by atoms with E-state index in [1.165, 1.54) is 6.07 Å². The van der Waals surface area contributed by atoms with E-state index >= 15 is 0 Å². The number of aliphatic imine (C=N–C) groups is 1. The molecule has 0 aliphatic rings. The number of alkyl halides is 3. The Kier molecular flexibility index (Phi) is 3.54. The molecule has 1 aromatic rings. The zero-order valence-corrected chi connectivity index (χ0v) is 9.24. The summed E-state index contributed by atoms with van der Waals surface area (Å²) in [6, 6.07) is 2.01. The van der Waals surface area contributed by atoms with Crippen molar-refractivity contribution in [2.24, 2.45) is 4.99 Å². The normalized spacial score (nSPS) is 11.0. The van der Waals surface area contributed by atoms with E-state index in [0.29, 0.717) is 0 Å². The highest BCUT2D eigenvalue weighted by atomic mass is 79.9. The molecule has 0 unspecified atom stereocenters. The molecule has 80 valence electrons. The third-order valence-electron chi connectivity index (χ3n) is 1.49. The Balaban J connectivity index is 3.54. The molecule has 0 saturated heterocycles. The Hall–Kier alpha value is -0.840. The average molecular weight is 300 g/mol. The molecule has 0 aromatic heterocycles. The van der Waals surface area contributed by atoms with Crippen molar-refractivity contribution in [3.05, 3.63) is 27.2 Å². The van der Waals surface area contributed by atoms with Gasteiger partial charge in [-0.25, -0.2) is 4.79 Å². The molecule has 1 aromatic carbocycles. The van der Waals surface area contributed by atoms with Crippen LogP contribution in [-0.4, -0.2) is 6.08 Å². The smallest absolute Gasteiger partial charge is 0.211 e. The zero-order valence-electron chi connectivity index (χ0n) is 6.90. The van der Waals surface area contributed by atoms with E-state index < -0.39 is 17.4 Å².